The van der Waals surface area contributed by atoms with Crippen molar-refractivity contribution in [3.05, 3.63) is 88.2 Å². The van der Waals surface area contributed by atoms with Crippen molar-refractivity contribution in [2.75, 3.05) is 11.9 Å². The van der Waals surface area contributed by atoms with E-state index in [0.29, 0.717) is 23.4 Å². The van der Waals surface area contributed by atoms with Crippen LogP contribution in [0.25, 0.3) is 0 Å². The summed E-state index contributed by atoms with van der Waals surface area (Å²) >= 11 is 0. The van der Waals surface area contributed by atoms with Gasteiger partial charge in [0.05, 0.1) is 12.2 Å². The van der Waals surface area contributed by atoms with Gasteiger partial charge in [-0.3, -0.25) is 4.79 Å². The number of esters is 1. The number of aryl methyl sites for hydroxylation is 1. The zero-order chi connectivity index (χ0) is 23.1. The maximum Gasteiger partial charge on any atom is 0.355 e. The summed E-state index contributed by atoms with van der Waals surface area (Å²) in [5, 5.41) is 2.99. The first-order chi connectivity index (χ1) is 15.5. The van der Waals surface area contributed by atoms with Crippen molar-refractivity contribution in [3.8, 4) is 0 Å². The van der Waals surface area contributed by atoms with Gasteiger partial charge in [0.15, 0.2) is 0 Å². The lowest BCUT2D eigenvalue weighted by atomic mass is 10.1. The van der Waals surface area contributed by atoms with Crippen LogP contribution in [0.1, 0.15) is 69.9 Å². The molecule has 3 aromatic rings. The average molecular weight is 433 g/mol. The van der Waals surface area contributed by atoms with Gasteiger partial charge in [-0.05, 0) is 62.4 Å². The fourth-order valence-electron chi connectivity index (χ4n) is 3.99. The molecule has 2 aromatic carbocycles. The van der Waals surface area contributed by atoms with Gasteiger partial charge in [0.2, 0.25) is 0 Å². The Morgan fingerprint density at radius 1 is 0.938 bits per heavy atom. The van der Waals surface area contributed by atoms with E-state index in [1.807, 2.05) is 60.9 Å². The standard InChI is InChI=1S/C27H32N2O3/c1-5-7-11-21-14-16-23(17-15-21)28-26(30)24-19(3)25(27(31)32-6-2)29(20(24)4)18-22-12-9-8-10-13-22/h8-10,12-17H,5-7,11,18H2,1-4H3,(H,28,30). The summed E-state index contributed by atoms with van der Waals surface area (Å²) in [6.07, 6.45) is 3.34. The largest absolute Gasteiger partial charge is 0.461 e. The monoisotopic (exact) mass is 432 g/mol. The Balaban J connectivity index is 1.92. The minimum absolute atomic E-state index is 0.223. The van der Waals surface area contributed by atoms with Crippen molar-refractivity contribution in [1.82, 2.24) is 4.57 Å². The van der Waals surface area contributed by atoms with Crippen LogP contribution in [0.5, 0.6) is 0 Å². The SMILES string of the molecule is CCCCc1ccc(NC(=O)c2c(C)c(C(=O)OCC)n(Cc3ccccc3)c2C)cc1. The third kappa shape index (κ3) is 5.28. The number of unbranched alkanes of at least 4 members (excludes halogenated alkanes) is 1. The van der Waals surface area contributed by atoms with Gasteiger partial charge in [0.1, 0.15) is 5.69 Å². The molecule has 0 unspecified atom stereocenters. The van der Waals surface area contributed by atoms with Crippen molar-refractivity contribution in [2.45, 2.75) is 53.5 Å². The molecule has 32 heavy (non-hydrogen) atoms. The molecule has 0 spiro atoms. The van der Waals surface area contributed by atoms with E-state index in [-0.39, 0.29) is 12.5 Å². The molecule has 5 nitrogen and oxygen atoms in total. The molecule has 0 saturated carbocycles. The fourth-order valence-corrected chi connectivity index (χ4v) is 3.99. The second-order valence-corrected chi connectivity index (χ2v) is 7.98. The van der Waals surface area contributed by atoms with Crippen molar-refractivity contribution < 1.29 is 14.3 Å². The first kappa shape index (κ1) is 23.3. The van der Waals surface area contributed by atoms with Crippen molar-refractivity contribution in [1.29, 1.82) is 0 Å². The molecule has 1 N–H and O–H groups in total. The minimum atomic E-state index is -0.414. The molecule has 0 aliphatic rings. The van der Waals surface area contributed by atoms with Crippen LogP contribution in [0.4, 0.5) is 5.69 Å². The highest BCUT2D eigenvalue weighted by molar-refractivity contribution is 6.08. The predicted octanol–water partition coefficient (Wildman–Crippen LogP) is 5.92. The number of nitrogens with one attached hydrogen (secondary N) is 1. The topological polar surface area (TPSA) is 60.3 Å². The first-order valence-corrected chi connectivity index (χ1v) is 11.3. The molecule has 1 aromatic heterocycles. The maximum absolute atomic E-state index is 13.2. The molecule has 0 aliphatic heterocycles. The number of anilines is 1. The molecule has 168 valence electrons. The molecule has 0 saturated heterocycles. The number of hydrogen-bond acceptors (Lipinski definition) is 3. The number of hydrogen-bond donors (Lipinski definition) is 1. The highest BCUT2D eigenvalue weighted by atomic mass is 16.5. The van der Waals surface area contributed by atoms with Crippen LogP contribution in [-0.2, 0) is 17.7 Å². The van der Waals surface area contributed by atoms with Gasteiger partial charge < -0.3 is 14.6 Å². The Labute approximate surface area is 190 Å². The molecule has 1 heterocycles. The van der Waals surface area contributed by atoms with E-state index in [1.54, 1.807) is 6.92 Å². The van der Waals surface area contributed by atoms with E-state index in [2.05, 4.69) is 24.4 Å². The summed E-state index contributed by atoms with van der Waals surface area (Å²) in [6, 6.07) is 17.8. The molecule has 0 aliphatic carbocycles. The zero-order valence-electron chi connectivity index (χ0n) is 19.4. The summed E-state index contributed by atoms with van der Waals surface area (Å²) < 4.78 is 7.19. The van der Waals surface area contributed by atoms with Crippen molar-refractivity contribution in [3.63, 3.8) is 0 Å². The van der Waals surface area contributed by atoms with E-state index >= 15 is 0 Å². The molecule has 0 atom stereocenters. The van der Waals surface area contributed by atoms with Crippen LogP contribution >= 0.6 is 0 Å². The minimum Gasteiger partial charge on any atom is -0.461 e. The lowest BCUT2D eigenvalue weighted by Crippen LogP contribution is -2.15. The molecule has 5 heteroatoms. The van der Waals surface area contributed by atoms with Crippen LogP contribution < -0.4 is 5.32 Å². The zero-order valence-corrected chi connectivity index (χ0v) is 19.4. The Morgan fingerprint density at radius 2 is 1.62 bits per heavy atom. The lowest BCUT2D eigenvalue weighted by molar-refractivity contribution is 0.0513. The summed E-state index contributed by atoms with van der Waals surface area (Å²) in [5.41, 5.74) is 5.36. The third-order valence-electron chi connectivity index (χ3n) is 5.68. The Bertz CT molecular complexity index is 1070. The van der Waals surface area contributed by atoms with E-state index in [9.17, 15) is 9.59 Å². The second-order valence-electron chi connectivity index (χ2n) is 7.98. The lowest BCUT2D eigenvalue weighted by Gasteiger charge is -2.12. The number of ether oxygens (including phenoxy) is 1. The van der Waals surface area contributed by atoms with Gasteiger partial charge in [-0.2, -0.15) is 0 Å². The van der Waals surface area contributed by atoms with E-state index in [0.717, 1.165) is 36.2 Å². The van der Waals surface area contributed by atoms with Gasteiger partial charge >= 0.3 is 5.97 Å². The number of carbonyl (C=O) groups is 2. The summed E-state index contributed by atoms with van der Waals surface area (Å²) in [6.45, 7) is 8.40. The van der Waals surface area contributed by atoms with Crippen molar-refractivity contribution >= 4 is 17.6 Å². The molecular weight excluding hydrogens is 400 g/mol. The molecule has 3 rings (SSSR count). The van der Waals surface area contributed by atoms with E-state index < -0.39 is 5.97 Å². The number of carbonyl (C=O) groups excluding carboxylic acids is 2. The summed E-state index contributed by atoms with van der Waals surface area (Å²) in [7, 11) is 0. The van der Waals surface area contributed by atoms with Crippen molar-refractivity contribution in [2.24, 2.45) is 0 Å². The summed E-state index contributed by atoms with van der Waals surface area (Å²) in [5.74, 6) is -0.637. The Kier molecular flexibility index (Phi) is 7.87. The number of rotatable bonds is 9. The smallest absolute Gasteiger partial charge is 0.355 e. The normalized spacial score (nSPS) is 10.8. The van der Waals surface area contributed by atoms with Crippen LogP contribution in [0.2, 0.25) is 0 Å². The molecule has 0 bridgehead atoms. The number of aromatic nitrogens is 1. The molecule has 0 radical (unpaired) electrons. The van der Waals surface area contributed by atoms with Crippen LogP contribution in [0, 0.1) is 13.8 Å². The predicted molar refractivity (Wildman–Crippen MR) is 128 cm³/mol. The highest BCUT2D eigenvalue weighted by Gasteiger charge is 2.27. The van der Waals surface area contributed by atoms with E-state index in [4.69, 9.17) is 4.74 Å². The highest BCUT2D eigenvalue weighted by Crippen LogP contribution is 2.26. The Hall–Kier alpha value is -3.34. The molecule has 0 fully saturated rings. The second kappa shape index (κ2) is 10.8. The van der Waals surface area contributed by atoms with Crippen LogP contribution in [0.3, 0.4) is 0 Å². The van der Waals surface area contributed by atoms with Gasteiger partial charge in [-0.25, -0.2) is 4.79 Å². The van der Waals surface area contributed by atoms with E-state index in [1.165, 1.54) is 5.56 Å². The number of nitrogens with zero attached hydrogens (tertiary/aromatic N) is 1. The van der Waals surface area contributed by atoms with Gasteiger partial charge in [0, 0.05) is 17.9 Å². The molecule has 1 amide bonds. The molecular formula is C27H32N2O3. The first-order valence-electron chi connectivity index (χ1n) is 11.3. The van der Waals surface area contributed by atoms with Crippen LogP contribution in [-0.4, -0.2) is 23.1 Å². The quantitative estimate of drug-likeness (QED) is 0.427. The third-order valence-corrected chi connectivity index (χ3v) is 5.68. The fraction of sp³-hybridized carbons (Fsp3) is 0.333. The Morgan fingerprint density at radius 3 is 2.25 bits per heavy atom. The van der Waals surface area contributed by atoms with Gasteiger partial charge in [-0.15, -0.1) is 0 Å². The number of amides is 1. The van der Waals surface area contributed by atoms with Gasteiger partial charge in [0.25, 0.3) is 5.91 Å². The van der Waals surface area contributed by atoms with Gasteiger partial charge in [-0.1, -0.05) is 55.8 Å². The number of benzene rings is 2. The van der Waals surface area contributed by atoms with Crippen LogP contribution in [0.15, 0.2) is 54.6 Å². The maximum atomic E-state index is 13.2. The average Bonchev–Trinajstić information content (AvgIpc) is 3.03. The summed E-state index contributed by atoms with van der Waals surface area (Å²) in [4.78, 5) is 26.0.